The van der Waals surface area contributed by atoms with Gasteiger partial charge in [0, 0.05) is 10.9 Å². The van der Waals surface area contributed by atoms with Gasteiger partial charge in [-0.15, -0.1) is 11.3 Å². The summed E-state index contributed by atoms with van der Waals surface area (Å²) in [6, 6.07) is 3.65. The fourth-order valence-electron chi connectivity index (χ4n) is 1.49. The van der Waals surface area contributed by atoms with Crippen molar-refractivity contribution in [3.63, 3.8) is 0 Å². The maximum atomic E-state index is 9.79. The normalized spacial score (nSPS) is 11.1. The number of phenols is 1. The molecule has 0 atom stereocenters. The Hall–Kier alpha value is -1.88. The number of aromatic nitrogens is 1. The summed E-state index contributed by atoms with van der Waals surface area (Å²) in [5.74, 6) is 0.235. The molecule has 2 N–H and O–H groups in total. The van der Waals surface area contributed by atoms with E-state index in [1.165, 1.54) is 11.3 Å². The number of hydrazone groups is 1. The van der Waals surface area contributed by atoms with Crippen molar-refractivity contribution in [2.24, 2.45) is 5.10 Å². The van der Waals surface area contributed by atoms with E-state index in [0.717, 1.165) is 22.0 Å². The van der Waals surface area contributed by atoms with E-state index in [1.54, 1.807) is 12.3 Å². The van der Waals surface area contributed by atoms with Crippen LogP contribution in [0.4, 0.5) is 5.13 Å². The summed E-state index contributed by atoms with van der Waals surface area (Å²) in [5, 5.41) is 16.5. The minimum absolute atomic E-state index is 0.235. The molecule has 18 heavy (non-hydrogen) atoms. The molecule has 1 heterocycles. The minimum atomic E-state index is 0.235. The van der Waals surface area contributed by atoms with E-state index in [-0.39, 0.29) is 5.75 Å². The first-order valence-electron chi connectivity index (χ1n) is 5.57. The molecule has 0 fully saturated rings. The summed E-state index contributed by atoms with van der Waals surface area (Å²) in [7, 11) is 0. The van der Waals surface area contributed by atoms with Crippen LogP contribution in [0.5, 0.6) is 5.75 Å². The first-order valence-corrected chi connectivity index (χ1v) is 6.45. The Morgan fingerprint density at radius 1 is 1.28 bits per heavy atom. The highest BCUT2D eigenvalue weighted by atomic mass is 32.1. The number of aryl methyl sites for hydroxylation is 3. The molecule has 0 radical (unpaired) electrons. The molecule has 0 aliphatic heterocycles. The SMILES string of the molecule is Cc1csc(NN=Cc2cc(C)c(C)cc2O)n1. The number of rotatable bonds is 3. The summed E-state index contributed by atoms with van der Waals surface area (Å²) >= 11 is 1.50. The number of thiazole rings is 1. The van der Waals surface area contributed by atoms with Gasteiger partial charge < -0.3 is 5.11 Å². The summed E-state index contributed by atoms with van der Waals surface area (Å²) in [6.07, 6.45) is 1.60. The van der Waals surface area contributed by atoms with Gasteiger partial charge in [0.25, 0.3) is 0 Å². The zero-order valence-corrected chi connectivity index (χ0v) is 11.4. The Bertz CT molecular complexity index is 590. The lowest BCUT2D eigenvalue weighted by Crippen LogP contribution is -1.92. The number of anilines is 1. The predicted molar refractivity (Wildman–Crippen MR) is 75.6 cm³/mol. The summed E-state index contributed by atoms with van der Waals surface area (Å²) < 4.78 is 0. The number of nitrogens with zero attached hydrogens (tertiary/aromatic N) is 2. The molecular weight excluding hydrogens is 246 g/mol. The van der Waals surface area contributed by atoms with Crippen LogP contribution in [0.3, 0.4) is 0 Å². The highest BCUT2D eigenvalue weighted by molar-refractivity contribution is 7.13. The molecule has 0 aliphatic carbocycles. The largest absolute Gasteiger partial charge is 0.507 e. The Labute approximate surface area is 110 Å². The number of phenolic OH excluding ortho intramolecular Hbond substituents is 1. The number of nitrogens with one attached hydrogen (secondary N) is 1. The molecule has 0 saturated carbocycles. The number of benzene rings is 1. The molecule has 5 heteroatoms. The van der Waals surface area contributed by atoms with Gasteiger partial charge in [-0.05, 0) is 44.0 Å². The lowest BCUT2D eigenvalue weighted by atomic mass is 10.1. The molecule has 0 spiro atoms. The van der Waals surface area contributed by atoms with Crippen molar-refractivity contribution in [3.05, 3.63) is 39.9 Å². The average Bonchev–Trinajstić information content (AvgIpc) is 2.71. The van der Waals surface area contributed by atoms with Crippen LogP contribution in [0.1, 0.15) is 22.4 Å². The van der Waals surface area contributed by atoms with Crippen molar-refractivity contribution in [2.45, 2.75) is 20.8 Å². The van der Waals surface area contributed by atoms with E-state index in [0.29, 0.717) is 5.56 Å². The number of hydrogen-bond donors (Lipinski definition) is 2. The van der Waals surface area contributed by atoms with Crippen LogP contribution in [0, 0.1) is 20.8 Å². The van der Waals surface area contributed by atoms with Gasteiger partial charge in [0.1, 0.15) is 5.75 Å². The van der Waals surface area contributed by atoms with Crippen LogP contribution in [-0.4, -0.2) is 16.3 Å². The van der Waals surface area contributed by atoms with Crippen molar-refractivity contribution in [2.75, 3.05) is 5.43 Å². The number of hydrogen-bond acceptors (Lipinski definition) is 5. The second-order valence-electron chi connectivity index (χ2n) is 4.16. The first-order chi connectivity index (χ1) is 8.56. The van der Waals surface area contributed by atoms with Crippen molar-refractivity contribution in [1.82, 2.24) is 4.98 Å². The molecule has 0 aliphatic rings. The van der Waals surface area contributed by atoms with Crippen molar-refractivity contribution < 1.29 is 5.11 Å². The van der Waals surface area contributed by atoms with Gasteiger partial charge in [-0.2, -0.15) is 5.10 Å². The zero-order valence-electron chi connectivity index (χ0n) is 10.6. The molecule has 94 valence electrons. The maximum Gasteiger partial charge on any atom is 0.203 e. The zero-order chi connectivity index (χ0) is 13.1. The van der Waals surface area contributed by atoms with Gasteiger partial charge in [0.05, 0.1) is 11.9 Å². The van der Waals surface area contributed by atoms with E-state index < -0.39 is 0 Å². The lowest BCUT2D eigenvalue weighted by molar-refractivity contribution is 0.474. The highest BCUT2D eigenvalue weighted by Crippen LogP contribution is 2.20. The highest BCUT2D eigenvalue weighted by Gasteiger charge is 2.02. The third-order valence-electron chi connectivity index (χ3n) is 2.63. The van der Waals surface area contributed by atoms with Crippen LogP contribution in [0.25, 0.3) is 0 Å². The fraction of sp³-hybridized carbons (Fsp3) is 0.231. The van der Waals surface area contributed by atoms with E-state index >= 15 is 0 Å². The molecule has 0 saturated heterocycles. The molecule has 1 aromatic carbocycles. The number of aromatic hydroxyl groups is 1. The van der Waals surface area contributed by atoms with E-state index in [1.807, 2.05) is 32.2 Å². The second-order valence-corrected chi connectivity index (χ2v) is 5.02. The van der Waals surface area contributed by atoms with Gasteiger partial charge in [0.15, 0.2) is 0 Å². The van der Waals surface area contributed by atoms with Gasteiger partial charge in [-0.3, -0.25) is 5.43 Å². The van der Waals surface area contributed by atoms with Crippen LogP contribution >= 0.6 is 11.3 Å². The molecule has 2 aromatic rings. The van der Waals surface area contributed by atoms with Crippen molar-refractivity contribution in [1.29, 1.82) is 0 Å². The smallest absolute Gasteiger partial charge is 0.203 e. The van der Waals surface area contributed by atoms with Crippen LogP contribution < -0.4 is 5.43 Å². The molecule has 4 nitrogen and oxygen atoms in total. The molecule has 0 amide bonds. The standard InChI is InChI=1S/C13H15N3OS/c1-8-4-11(12(17)5-9(8)2)6-14-16-13-15-10(3)7-18-13/h4-7,17H,1-3H3,(H,15,16). The van der Waals surface area contributed by atoms with Crippen molar-refractivity contribution in [3.8, 4) is 5.75 Å². The Morgan fingerprint density at radius 2 is 2.00 bits per heavy atom. The van der Waals surface area contributed by atoms with Gasteiger partial charge in [0.2, 0.25) is 5.13 Å². The fourth-order valence-corrected chi connectivity index (χ4v) is 2.13. The maximum absolute atomic E-state index is 9.79. The molecule has 2 rings (SSSR count). The minimum Gasteiger partial charge on any atom is -0.507 e. The Balaban J connectivity index is 2.11. The van der Waals surface area contributed by atoms with Crippen LogP contribution in [0.2, 0.25) is 0 Å². The van der Waals surface area contributed by atoms with Crippen molar-refractivity contribution >= 4 is 22.7 Å². The molecule has 0 unspecified atom stereocenters. The summed E-state index contributed by atoms with van der Waals surface area (Å²) in [4.78, 5) is 4.23. The first kappa shape index (κ1) is 12.6. The Morgan fingerprint density at radius 3 is 2.67 bits per heavy atom. The summed E-state index contributed by atoms with van der Waals surface area (Å²) in [6.45, 7) is 5.90. The average molecular weight is 261 g/mol. The second kappa shape index (κ2) is 5.18. The quantitative estimate of drug-likeness (QED) is 0.659. The molecule has 1 aromatic heterocycles. The summed E-state index contributed by atoms with van der Waals surface area (Å²) in [5.41, 5.74) is 6.69. The van der Waals surface area contributed by atoms with Crippen LogP contribution in [0.15, 0.2) is 22.6 Å². The lowest BCUT2D eigenvalue weighted by Gasteiger charge is -2.04. The topological polar surface area (TPSA) is 57.5 Å². The third-order valence-corrected chi connectivity index (χ3v) is 3.49. The van der Waals surface area contributed by atoms with E-state index in [2.05, 4.69) is 15.5 Å². The molecular formula is C13H15N3OS. The van der Waals surface area contributed by atoms with E-state index in [4.69, 9.17) is 0 Å². The Kier molecular flexibility index (Phi) is 3.62. The van der Waals surface area contributed by atoms with Gasteiger partial charge in [-0.25, -0.2) is 4.98 Å². The van der Waals surface area contributed by atoms with E-state index in [9.17, 15) is 5.11 Å². The van der Waals surface area contributed by atoms with Crippen LogP contribution in [-0.2, 0) is 0 Å². The predicted octanol–water partition coefficient (Wildman–Crippen LogP) is 3.22. The molecule has 0 bridgehead atoms. The van der Waals surface area contributed by atoms with Gasteiger partial charge in [-0.1, -0.05) is 0 Å². The monoisotopic (exact) mass is 261 g/mol. The third kappa shape index (κ3) is 2.87. The van der Waals surface area contributed by atoms with Gasteiger partial charge >= 0.3 is 0 Å².